The summed E-state index contributed by atoms with van der Waals surface area (Å²) >= 11 is 0. The number of unbranched alkanes of at least 4 members (excludes halogenated alkanes) is 1. The molecule has 0 aliphatic heterocycles. The summed E-state index contributed by atoms with van der Waals surface area (Å²) in [7, 11) is 4.20. The zero-order valence-corrected chi connectivity index (χ0v) is 10.9. The second-order valence-corrected chi connectivity index (χ2v) is 4.40. The SMILES string of the molecule is CN(C)CCCCOCC=Cc1ccccc1. The van der Waals surface area contributed by atoms with Crippen LogP contribution >= 0.6 is 0 Å². The highest BCUT2D eigenvalue weighted by atomic mass is 16.5. The first-order chi connectivity index (χ1) is 8.29. The maximum Gasteiger partial charge on any atom is 0.0650 e. The van der Waals surface area contributed by atoms with E-state index in [-0.39, 0.29) is 0 Å². The summed E-state index contributed by atoms with van der Waals surface area (Å²) in [5.74, 6) is 0. The smallest absolute Gasteiger partial charge is 0.0650 e. The molecule has 1 aromatic rings. The van der Waals surface area contributed by atoms with Gasteiger partial charge in [0, 0.05) is 6.61 Å². The predicted octanol–water partition coefficient (Wildman–Crippen LogP) is 3.06. The third-order valence-electron chi connectivity index (χ3n) is 2.47. The summed E-state index contributed by atoms with van der Waals surface area (Å²) in [5, 5.41) is 0. The Bertz CT molecular complexity index is 306. The van der Waals surface area contributed by atoms with E-state index < -0.39 is 0 Å². The first-order valence-corrected chi connectivity index (χ1v) is 6.23. The lowest BCUT2D eigenvalue weighted by Gasteiger charge is -2.08. The highest BCUT2D eigenvalue weighted by molar-refractivity contribution is 5.48. The molecule has 0 amide bonds. The van der Waals surface area contributed by atoms with Crippen molar-refractivity contribution in [2.45, 2.75) is 12.8 Å². The van der Waals surface area contributed by atoms with Gasteiger partial charge in [-0.05, 0) is 39.0 Å². The summed E-state index contributed by atoms with van der Waals surface area (Å²) in [6.45, 7) is 2.70. The highest BCUT2D eigenvalue weighted by Crippen LogP contribution is 2.00. The normalized spacial score (nSPS) is 11.5. The van der Waals surface area contributed by atoms with Crippen LogP contribution in [0.5, 0.6) is 0 Å². The fourth-order valence-electron chi connectivity index (χ4n) is 1.53. The maximum absolute atomic E-state index is 5.53. The van der Waals surface area contributed by atoms with E-state index in [9.17, 15) is 0 Å². The topological polar surface area (TPSA) is 12.5 Å². The fourth-order valence-corrected chi connectivity index (χ4v) is 1.53. The lowest BCUT2D eigenvalue weighted by atomic mass is 10.2. The van der Waals surface area contributed by atoms with E-state index in [1.54, 1.807) is 0 Å². The number of hydrogen-bond acceptors (Lipinski definition) is 2. The third kappa shape index (κ3) is 7.72. The molecule has 0 unspecified atom stereocenters. The average molecular weight is 233 g/mol. The van der Waals surface area contributed by atoms with Crippen LogP contribution < -0.4 is 0 Å². The third-order valence-corrected chi connectivity index (χ3v) is 2.47. The van der Waals surface area contributed by atoms with Crippen molar-refractivity contribution in [3.05, 3.63) is 42.0 Å². The molecular weight excluding hydrogens is 210 g/mol. The molecule has 0 heterocycles. The van der Waals surface area contributed by atoms with Crippen LogP contribution in [0.3, 0.4) is 0 Å². The van der Waals surface area contributed by atoms with E-state index >= 15 is 0 Å². The Balaban J connectivity index is 1.99. The molecule has 0 spiro atoms. The Morgan fingerprint density at radius 1 is 1.12 bits per heavy atom. The monoisotopic (exact) mass is 233 g/mol. The molecule has 0 fully saturated rings. The zero-order valence-electron chi connectivity index (χ0n) is 10.9. The van der Waals surface area contributed by atoms with Crippen LogP contribution in [0, 0.1) is 0 Å². The van der Waals surface area contributed by atoms with Gasteiger partial charge in [0.05, 0.1) is 6.61 Å². The Morgan fingerprint density at radius 3 is 2.59 bits per heavy atom. The van der Waals surface area contributed by atoms with Crippen LogP contribution in [-0.2, 0) is 4.74 Å². The Labute approximate surface area is 105 Å². The van der Waals surface area contributed by atoms with E-state index in [1.807, 2.05) is 18.2 Å². The Hall–Kier alpha value is -1.12. The van der Waals surface area contributed by atoms with Crippen molar-refractivity contribution >= 4 is 6.08 Å². The summed E-state index contributed by atoms with van der Waals surface area (Å²) in [6.07, 6.45) is 6.51. The number of hydrogen-bond donors (Lipinski definition) is 0. The molecule has 17 heavy (non-hydrogen) atoms. The number of benzene rings is 1. The van der Waals surface area contributed by atoms with Gasteiger partial charge in [0.25, 0.3) is 0 Å². The molecule has 2 heteroatoms. The fraction of sp³-hybridized carbons (Fsp3) is 0.467. The molecule has 0 radical (unpaired) electrons. The van der Waals surface area contributed by atoms with Crippen molar-refractivity contribution in [1.82, 2.24) is 4.90 Å². The van der Waals surface area contributed by atoms with Crippen LogP contribution in [-0.4, -0.2) is 38.8 Å². The van der Waals surface area contributed by atoms with Crippen molar-refractivity contribution in [2.24, 2.45) is 0 Å². The zero-order chi connectivity index (χ0) is 12.3. The minimum atomic E-state index is 0.705. The molecule has 0 aliphatic carbocycles. The first kappa shape index (κ1) is 13.9. The number of ether oxygens (including phenoxy) is 1. The van der Waals surface area contributed by atoms with E-state index in [4.69, 9.17) is 4.74 Å². The minimum absolute atomic E-state index is 0.705. The van der Waals surface area contributed by atoms with E-state index in [1.165, 1.54) is 12.0 Å². The van der Waals surface area contributed by atoms with Crippen molar-refractivity contribution in [3.63, 3.8) is 0 Å². The van der Waals surface area contributed by atoms with Gasteiger partial charge >= 0.3 is 0 Å². The van der Waals surface area contributed by atoms with Crippen LogP contribution in [0.2, 0.25) is 0 Å². The van der Waals surface area contributed by atoms with Crippen LogP contribution in [0.25, 0.3) is 6.08 Å². The summed E-state index contributed by atoms with van der Waals surface area (Å²) < 4.78 is 5.53. The van der Waals surface area contributed by atoms with Gasteiger partial charge in [-0.2, -0.15) is 0 Å². The number of rotatable bonds is 8. The van der Waals surface area contributed by atoms with Crippen molar-refractivity contribution in [3.8, 4) is 0 Å². The van der Waals surface area contributed by atoms with Gasteiger partial charge in [-0.25, -0.2) is 0 Å². The van der Waals surface area contributed by atoms with Crippen LogP contribution in [0.4, 0.5) is 0 Å². The maximum atomic E-state index is 5.53. The number of nitrogens with zero attached hydrogens (tertiary/aromatic N) is 1. The summed E-state index contributed by atoms with van der Waals surface area (Å²) in [4.78, 5) is 2.20. The lowest BCUT2D eigenvalue weighted by molar-refractivity contribution is 0.156. The molecule has 2 nitrogen and oxygen atoms in total. The standard InChI is InChI=1S/C15H23NO/c1-16(2)12-6-7-13-17-14-8-11-15-9-4-3-5-10-15/h3-5,8-11H,6-7,12-14H2,1-2H3. The van der Waals surface area contributed by atoms with E-state index in [0.717, 1.165) is 19.6 Å². The predicted molar refractivity (Wildman–Crippen MR) is 74.1 cm³/mol. The van der Waals surface area contributed by atoms with Gasteiger partial charge in [-0.1, -0.05) is 42.5 Å². The molecule has 1 rings (SSSR count). The van der Waals surface area contributed by atoms with Crippen molar-refractivity contribution in [2.75, 3.05) is 33.9 Å². The van der Waals surface area contributed by atoms with Crippen LogP contribution in [0.15, 0.2) is 36.4 Å². The molecule has 0 N–H and O–H groups in total. The molecule has 0 bridgehead atoms. The van der Waals surface area contributed by atoms with E-state index in [2.05, 4.69) is 43.3 Å². The van der Waals surface area contributed by atoms with Crippen molar-refractivity contribution < 1.29 is 4.74 Å². The molecule has 1 aromatic carbocycles. The second-order valence-electron chi connectivity index (χ2n) is 4.40. The Kier molecular flexibility index (Phi) is 7.35. The average Bonchev–Trinajstić information content (AvgIpc) is 2.33. The molecular formula is C15H23NO. The summed E-state index contributed by atoms with van der Waals surface area (Å²) in [6, 6.07) is 10.3. The van der Waals surface area contributed by atoms with Gasteiger partial charge in [0.1, 0.15) is 0 Å². The highest BCUT2D eigenvalue weighted by Gasteiger charge is 1.90. The van der Waals surface area contributed by atoms with Gasteiger partial charge in [-0.3, -0.25) is 0 Å². The summed E-state index contributed by atoms with van der Waals surface area (Å²) in [5.41, 5.74) is 1.23. The van der Waals surface area contributed by atoms with Gasteiger partial charge in [0.2, 0.25) is 0 Å². The van der Waals surface area contributed by atoms with E-state index in [0.29, 0.717) is 6.61 Å². The second kappa shape index (κ2) is 8.97. The van der Waals surface area contributed by atoms with Crippen molar-refractivity contribution in [1.29, 1.82) is 0 Å². The largest absolute Gasteiger partial charge is 0.377 e. The van der Waals surface area contributed by atoms with Crippen LogP contribution in [0.1, 0.15) is 18.4 Å². The molecule has 0 aliphatic rings. The van der Waals surface area contributed by atoms with Gasteiger partial charge in [0.15, 0.2) is 0 Å². The van der Waals surface area contributed by atoms with Gasteiger partial charge < -0.3 is 9.64 Å². The minimum Gasteiger partial charge on any atom is -0.377 e. The molecule has 0 saturated carbocycles. The van der Waals surface area contributed by atoms with Gasteiger partial charge in [-0.15, -0.1) is 0 Å². The quantitative estimate of drug-likeness (QED) is 0.640. The molecule has 94 valence electrons. The molecule has 0 saturated heterocycles. The first-order valence-electron chi connectivity index (χ1n) is 6.23. The Morgan fingerprint density at radius 2 is 1.88 bits per heavy atom. The lowest BCUT2D eigenvalue weighted by Crippen LogP contribution is -2.13. The molecule has 0 aromatic heterocycles. The molecule has 0 atom stereocenters.